The molecule has 4 fully saturated rings. The van der Waals surface area contributed by atoms with E-state index in [4.69, 9.17) is 9.97 Å². The molecular formula is C68H50N2. The number of nitrogens with zero attached hydrogens (tertiary/aromatic N) is 2. The van der Waals surface area contributed by atoms with E-state index in [1.807, 2.05) is 0 Å². The zero-order valence-electron chi connectivity index (χ0n) is 39.0. The standard InChI is InChI=1S/C68H50N2/c1-3-16-44(17-4-1)52-22-9-10-23-54(52)62-41-63(70-67(69-62)47-18-5-2-6-19-47)66-57-26-13-11-24-55(57)64(56-25-12-14-27-58(56)66)46-32-30-45(31-33-46)53-28-15-29-60-65(53)59-39-48-20-7-8-21-49(48)40-61(59)68(60)50-35-42-34-43(37-50)38-51(68)36-42/h1-33,39-43,50-51H,34-38H2. The lowest BCUT2D eigenvalue weighted by molar-refractivity contribution is -0.0398. The van der Waals surface area contributed by atoms with Gasteiger partial charge in [0.1, 0.15) is 0 Å². The molecule has 0 radical (unpaired) electrons. The number of hydrogen-bond donors (Lipinski definition) is 0. The Balaban J connectivity index is 0.899. The summed E-state index contributed by atoms with van der Waals surface area (Å²) in [5.41, 5.74) is 18.7. The van der Waals surface area contributed by atoms with E-state index in [0.717, 1.165) is 62.9 Å². The van der Waals surface area contributed by atoms with Gasteiger partial charge in [0.15, 0.2) is 5.82 Å². The molecule has 0 aliphatic heterocycles. The average molecular weight is 895 g/mol. The summed E-state index contributed by atoms with van der Waals surface area (Å²) in [5, 5.41) is 7.48. The van der Waals surface area contributed by atoms with Crippen LogP contribution >= 0.6 is 0 Å². The normalized spacial score (nSPS) is 20.6. The Labute approximate surface area is 409 Å². The van der Waals surface area contributed by atoms with Crippen LogP contribution in [0.4, 0.5) is 0 Å². The van der Waals surface area contributed by atoms with E-state index in [1.165, 1.54) is 97.8 Å². The summed E-state index contributed by atoms with van der Waals surface area (Å²) >= 11 is 0. The number of hydrogen-bond acceptors (Lipinski definition) is 2. The molecule has 11 aromatic rings. The smallest absolute Gasteiger partial charge is 0.160 e. The molecule has 4 bridgehead atoms. The number of rotatable bonds is 6. The van der Waals surface area contributed by atoms with Crippen LogP contribution in [-0.2, 0) is 5.41 Å². The third kappa shape index (κ3) is 5.92. The first-order chi connectivity index (χ1) is 34.7. The number of aromatic nitrogens is 2. The highest BCUT2D eigenvalue weighted by Gasteiger charge is 2.61. The van der Waals surface area contributed by atoms with Gasteiger partial charge in [-0.05, 0) is 162 Å². The lowest BCUT2D eigenvalue weighted by Crippen LogP contribution is -2.55. The summed E-state index contributed by atoms with van der Waals surface area (Å²) in [7, 11) is 0. The topological polar surface area (TPSA) is 25.8 Å². The van der Waals surface area contributed by atoms with Crippen LogP contribution in [0.15, 0.2) is 218 Å². The molecule has 0 unspecified atom stereocenters. The molecule has 5 aliphatic rings. The van der Waals surface area contributed by atoms with Gasteiger partial charge in [0.2, 0.25) is 0 Å². The summed E-state index contributed by atoms with van der Waals surface area (Å²) in [6, 6.07) is 80.9. The van der Waals surface area contributed by atoms with Gasteiger partial charge in [0.25, 0.3) is 0 Å². The maximum absolute atomic E-state index is 5.46. The molecular weight excluding hydrogens is 845 g/mol. The molecule has 1 heterocycles. The van der Waals surface area contributed by atoms with E-state index in [9.17, 15) is 0 Å². The minimum Gasteiger partial charge on any atom is -0.228 e. The fraction of sp³-hybridized carbons (Fsp3) is 0.147. The van der Waals surface area contributed by atoms with Crippen LogP contribution in [0.3, 0.4) is 0 Å². The van der Waals surface area contributed by atoms with E-state index >= 15 is 0 Å². The van der Waals surface area contributed by atoms with Crippen LogP contribution in [0.5, 0.6) is 0 Å². The van der Waals surface area contributed by atoms with Gasteiger partial charge in [-0.1, -0.05) is 200 Å². The molecule has 70 heavy (non-hydrogen) atoms. The second-order valence-electron chi connectivity index (χ2n) is 20.8. The van der Waals surface area contributed by atoms with E-state index in [2.05, 4.69) is 218 Å². The van der Waals surface area contributed by atoms with Crippen molar-refractivity contribution in [3.05, 3.63) is 230 Å². The quantitative estimate of drug-likeness (QED) is 0.155. The van der Waals surface area contributed by atoms with Gasteiger partial charge >= 0.3 is 0 Å². The monoisotopic (exact) mass is 894 g/mol. The van der Waals surface area contributed by atoms with Crippen molar-refractivity contribution in [3.8, 4) is 78.4 Å². The van der Waals surface area contributed by atoms with Crippen molar-refractivity contribution in [2.75, 3.05) is 0 Å². The van der Waals surface area contributed by atoms with Crippen molar-refractivity contribution in [1.29, 1.82) is 0 Å². The van der Waals surface area contributed by atoms with Crippen molar-refractivity contribution >= 4 is 32.3 Å². The minimum absolute atomic E-state index is 0.106. The van der Waals surface area contributed by atoms with E-state index in [-0.39, 0.29) is 5.41 Å². The van der Waals surface area contributed by atoms with Crippen molar-refractivity contribution in [2.24, 2.45) is 23.7 Å². The molecule has 2 heteroatoms. The number of fused-ring (bicyclic) bond motifs is 6. The Bertz CT molecular complexity index is 3800. The average Bonchev–Trinajstić information content (AvgIpc) is 3.71. The van der Waals surface area contributed by atoms with Crippen LogP contribution in [0.25, 0.3) is 111 Å². The maximum Gasteiger partial charge on any atom is 0.160 e. The Morgan fingerprint density at radius 2 is 0.814 bits per heavy atom. The van der Waals surface area contributed by atoms with E-state index in [1.54, 1.807) is 11.1 Å². The lowest BCUT2D eigenvalue weighted by atomic mass is 9.43. The molecule has 5 aliphatic carbocycles. The molecule has 0 amide bonds. The second kappa shape index (κ2) is 15.5. The highest BCUT2D eigenvalue weighted by Crippen LogP contribution is 2.70. The van der Waals surface area contributed by atoms with Gasteiger partial charge in [0.05, 0.1) is 11.4 Å². The lowest BCUT2D eigenvalue weighted by Gasteiger charge is -2.61. The highest BCUT2D eigenvalue weighted by molar-refractivity contribution is 6.21. The molecule has 0 N–H and O–H groups in total. The Morgan fingerprint density at radius 3 is 1.47 bits per heavy atom. The van der Waals surface area contributed by atoms with Crippen LogP contribution < -0.4 is 0 Å². The summed E-state index contributed by atoms with van der Waals surface area (Å²) in [6.07, 6.45) is 6.99. The molecule has 4 saturated carbocycles. The molecule has 332 valence electrons. The van der Waals surface area contributed by atoms with E-state index in [0.29, 0.717) is 5.82 Å². The third-order valence-corrected chi connectivity index (χ3v) is 17.3. The zero-order chi connectivity index (χ0) is 45.9. The van der Waals surface area contributed by atoms with Crippen molar-refractivity contribution in [3.63, 3.8) is 0 Å². The molecule has 16 rings (SSSR count). The van der Waals surface area contributed by atoms with Gasteiger partial charge in [-0.3, -0.25) is 0 Å². The maximum atomic E-state index is 5.46. The highest BCUT2D eigenvalue weighted by atomic mass is 14.9. The first kappa shape index (κ1) is 40.0. The Kier molecular flexibility index (Phi) is 8.88. The van der Waals surface area contributed by atoms with Crippen LogP contribution in [0.2, 0.25) is 0 Å². The minimum atomic E-state index is 0.106. The van der Waals surface area contributed by atoms with Crippen LogP contribution in [0.1, 0.15) is 43.2 Å². The van der Waals surface area contributed by atoms with Crippen molar-refractivity contribution in [2.45, 2.75) is 37.5 Å². The zero-order valence-corrected chi connectivity index (χ0v) is 39.0. The predicted molar refractivity (Wildman–Crippen MR) is 290 cm³/mol. The summed E-state index contributed by atoms with van der Waals surface area (Å²) < 4.78 is 0. The Hall–Kier alpha value is -7.94. The van der Waals surface area contributed by atoms with Gasteiger partial charge in [-0.2, -0.15) is 0 Å². The van der Waals surface area contributed by atoms with Crippen molar-refractivity contribution in [1.82, 2.24) is 9.97 Å². The van der Waals surface area contributed by atoms with Gasteiger partial charge in [-0.15, -0.1) is 0 Å². The largest absolute Gasteiger partial charge is 0.228 e. The van der Waals surface area contributed by atoms with Crippen LogP contribution in [0, 0.1) is 23.7 Å². The molecule has 1 aromatic heterocycles. The van der Waals surface area contributed by atoms with Gasteiger partial charge < -0.3 is 0 Å². The summed E-state index contributed by atoms with van der Waals surface area (Å²) in [5.74, 6) is 3.96. The molecule has 10 aromatic carbocycles. The van der Waals surface area contributed by atoms with Crippen LogP contribution in [-0.4, -0.2) is 9.97 Å². The third-order valence-electron chi connectivity index (χ3n) is 17.3. The van der Waals surface area contributed by atoms with Crippen molar-refractivity contribution < 1.29 is 0 Å². The molecule has 0 atom stereocenters. The van der Waals surface area contributed by atoms with Gasteiger partial charge in [-0.25, -0.2) is 9.97 Å². The summed E-state index contributed by atoms with van der Waals surface area (Å²) in [6.45, 7) is 0. The first-order valence-corrected chi connectivity index (χ1v) is 25.5. The fourth-order valence-corrected chi connectivity index (χ4v) is 14.7. The number of benzene rings is 10. The van der Waals surface area contributed by atoms with Gasteiger partial charge in [0, 0.05) is 22.1 Å². The summed E-state index contributed by atoms with van der Waals surface area (Å²) in [4.78, 5) is 10.8. The fourth-order valence-electron chi connectivity index (χ4n) is 14.7. The molecule has 0 saturated heterocycles. The SMILES string of the molecule is c1ccc(-c2nc(-c3ccccc3-c3ccccc3)cc(-c3c4ccccc4c(-c4ccc(-c5cccc6c5-c5cc7ccccc7cc5C65C6CC7CC(C6)CC5C7)cc4)c4ccccc34)n2)cc1. The van der Waals surface area contributed by atoms with E-state index < -0.39 is 0 Å². The predicted octanol–water partition coefficient (Wildman–Crippen LogP) is 17.7. The first-order valence-electron chi connectivity index (χ1n) is 25.5. The second-order valence-corrected chi connectivity index (χ2v) is 20.8. The molecule has 2 nitrogen and oxygen atoms in total. The molecule has 1 spiro atoms. The Morgan fingerprint density at radius 1 is 0.314 bits per heavy atom.